The molecule has 0 spiro atoms. The lowest BCUT2D eigenvalue weighted by Crippen LogP contribution is -2.48. The highest BCUT2D eigenvalue weighted by Crippen LogP contribution is 2.10. The van der Waals surface area contributed by atoms with Gasteiger partial charge in [-0.1, -0.05) is 0 Å². The van der Waals surface area contributed by atoms with Crippen LogP contribution in [-0.2, 0) is 9.53 Å². The van der Waals surface area contributed by atoms with Crippen molar-refractivity contribution in [3.05, 3.63) is 0 Å². The van der Waals surface area contributed by atoms with Crippen molar-refractivity contribution in [1.29, 1.82) is 0 Å². The fraction of sp³-hybridized carbons (Fsp3) is 0.867. The van der Waals surface area contributed by atoms with Gasteiger partial charge in [0.15, 0.2) is 0 Å². The molecule has 21 heavy (non-hydrogen) atoms. The third kappa shape index (κ3) is 7.32. The van der Waals surface area contributed by atoms with Gasteiger partial charge in [0, 0.05) is 38.6 Å². The Morgan fingerprint density at radius 1 is 1.29 bits per heavy atom. The summed E-state index contributed by atoms with van der Waals surface area (Å²) in [5, 5.41) is 6.26. The van der Waals surface area contributed by atoms with Gasteiger partial charge in [-0.25, -0.2) is 4.79 Å². The zero-order valence-electron chi connectivity index (χ0n) is 13.9. The number of rotatable bonds is 4. The van der Waals surface area contributed by atoms with Crippen molar-refractivity contribution in [3.8, 4) is 0 Å². The summed E-state index contributed by atoms with van der Waals surface area (Å²) in [5.41, 5.74) is -0.475. The van der Waals surface area contributed by atoms with E-state index < -0.39 is 5.60 Å². The van der Waals surface area contributed by atoms with Crippen molar-refractivity contribution in [2.75, 3.05) is 19.6 Å². The third-order valence-electron chi connectivity index (χ3n) is 3.42. The maximum Gasteiger partial charge on any atom is 0.407 e. The maximum atomic E-state index is 11.6. The van der Waals surface area contributed by atoms with E-state index in [1.54, 1.807) is 6.92 Å². The predicted octanol–water partition coefficient (Wildman–Crippen LogP) is 1.50. The number of ether oxygens (including phenoxy) is 1. The van der Waals surface area contributed by atoms with Gasteiger partial charge < -0.3 is 20.3 Å². The van der Waals surface area contributed by atoms with Crippen molar-refractivity contribution in [2.24, 2.45) is 0 Å². The SMILES string of the molecule is CC(=O)N1CCC(NCC(C)NC(=O)OC(C)(C)C)CC1. The Kier molecular flexibility index (Phi) is 6.45. The van der Waals surface area contributed by atoms with Gasteiger partial charge in [-0.3, -0.25) is 4.79 Å². The zero-order valence-corrected chi connectivity index (χ0v) is 13.9. The predicted molar refractivity (Wildman–Crippen MR) is 82.1 cm³/mol. The number of hydrogen-bond acceptors (Lipinski definition) is 4. The van der Waals surface area contributed by atoms with E-state index >= 15 is 0 Å². The highest BCUT2D eigenvalue weighted by atomic mass is 16.6. The van der Waals surface area contributed by atoms with Gasteiger partial charge in [-0.2, -0.15) is 0 Å². The lowest BCUT2D eigenvalue weighted by atomic mass is 10.0. The van der Waals surface area contributed by atoms with Crippen LogP contribution in [0.2, 0.25) is 0 Å². The maximum absolute atomic E-state index is 11.6. The standard InChI is InChI=1S/C15H29N3O3/c1-11(17-14(20)21-15(3,4)5)10-16-13-6-8-18(9-7-13)12(2)19/h11,13,16H,6-10H2,1-5H3,(H,17,20). The van der Waals surface area contributed by atoms with Crippen LogP contribution in [0.15, 0.2) is 0 Å². The van der Waals surface area contributed by atoms with E-state index in [2.05, 4.69) is 10.6 Å². The molecule has 1 rings (SSSR count). The number of alkyl carbamates (subject to hydrolysis) is 1. The van der Waals surface area contributed by atoms with E-state index in [1.807, 2.05) is 32.6 Å². The van der Waals surface area contributed by atoms with Crippen molar-refractivity contribution in [3.63, 3.8) is 0 Å². The topological polar surface area (TPSA) is 70.7 Å². The van der Waals surface area contributed by atoms with Crippen molar-refractivity contribution < 1.29 is 14.3 Å². The van der Waals surface area contributed by atoms with E-state index in [1.165, 1.54) is 0 Å². The number of amides is 2. The molecular formula is C15H29N3O3. The summed E-state index contributed by atoms with van der Waals surface area (Å²) in [7, 11) is 0. The van der Waals surface area contributed by atoms with Gasteiger partial charge in [-0.05, 0) is 40.5 Å². The molecule has 1 atom stereocenters. The number of hydrogen-bond donors (Lipinski definition) is 2. The molecule has 1 saturated heterocycles. The second kappa shape index (κ2) is 7.64. The molecule has 1 fully saturated rings. The molecule has 1 unspecified atom stereocenters. The lowest BCUT2D eigenvalue weighted by Gasteiger charge is -2.32. The highest BCUT2D eigenvalue weighted by molar-refractivity contribution is 5.73. The zero-order chi connectivity index (χ0) is 16.0. The summed E-state index contributed by atoms with van der Waals surface area (Å²) in [6, 6.07) is 0.411. The van der Waals surface area contributed by atoms with Crippen LogP contribution in [0.3, 0.4) is 0 Å². The average molecular weight is 299 g/mol. The van der Waals surface area contributed by atoms with E-state index in [0.717, 1.165) is 25.9 Å². The fourth-order valence-electron chi connectivity index (χ4n) is 2.30. The smallest absolute Gasteiger partial charge is 0.407 e. The monoisotopic (exact) mass is 299 g/mol. The van der Waals surface area contributed by atoms with Gasteiger partial charge in [0.05, 0.1) is 0 Å². The first kappa shape index (κ1) is 17.8. The molecule has 0 aromatic carbocycles. The number of piperidine rings is 1. The summed E-state index contributed by atoms with van der Waals surface area (Å²) in [5.74, 6) is 0.147. The van der Waals surface area contributed by atoms with Gasteiger partial charge in [-0.15, -0.1) is 0 Å². The van der Waals surface area contributed by atoms with Crippen LogP contribution in [0.5, 0.6) is 0 Å². The molecule has 0 bridgehead atoms. The first-order chi connectivity index (χ1) is 9.67. The van der Waals surface area contributed by atoms with Crippen LogP contribution in [0.25, 0.3) is 0 Å². The Balaban J connectivity index is 2.20. The molecule has 0 aromatic heterocycles. The van der Waals surface area contributed by atoms with E-state index in [4.69, 9.17) is 4.74 Å². The number of likely N-dealkylation sites (tertiary alicyclic amines) is 1. The summed E-state index contributed by atoms with van der Waals surface area (Å²) < 4.78 is 5.22. The molecule has 0 aromatic rings. The van der Waals surface area contributed by atoms with Crippen LogP contribution in [0.4, 0.5) is 4.79 Å². The average Bonchev–Trinajstić information content (AvgIpc) is 2.34. The Labute approximate surface area is 127 Å². The van der Waals surface area contributed by atoms with Crippen LogP contribution >= 0.6 is 0 Å². The van der Waals surface area contributed by atoms with Gasteiger partial charge in [0.1, 0.15) is 5.60 Å². The van der Waals surface area contributed by atoms with Crippen molar-refractivity contribution >= 4 is 12.0 Å². The Hall–Kier alpha value is -1.30. The first-order valence-electron chi connectivity index (χ1n) is 7.66. The molecule has 1 aliphatic heterocycles. The Morgan fingerprint density at radius 2 is 1.86 bits per heavy atom. The van der Waals surface area contributed by atoms with Gasteiger partial charge in [0.25, 0.3) is 0 Å². The van der Waals surface area contributed by atoms with Gasteiger partial charge >= 0.3 is 6.09 Å². The molecule has 6 heteroatoms. The summed E-state index contributed by atoms with van der Waals surface area (Å²) >= 11 is 0. The second-order valence-electron chi connectivity index (χ2n) is 6.74. The molecule has 0 aliphatic carbocycles. The number of nitrogens with zero attached hydrogens (tertiary/aromatic N) is 1. The third-order valence-corrected chi connectivity index (χ3v) is 3.42. The minimum Gasteiger partial charge on any atom is -0.444 e. The minimum atomic E-state index is -0.475. The fourth-order valence-corrected chi connectivity index (χ4v) is 2.30. The molecule has 1 aliphatic rings. The molecule has 0 radical (unpaired) electrons. The van der Waals surface area contributed by atoms with Crippen LogP contribution in [0.1, 0.15) is 47.5 Å². The number of carbonyl (C=O) groups is 2. The molecule has 122 valence electrons. The molecular weight excluding hydrogens is 270 g/mol. The summed E-state index contributed by atoms with van der Waals surface area (Å²) in [6.45, 7) is 11.4. The van der Waals surface area contributed by atoms with Crippen LogP contribution in [-0.4, -0.2) is 54.2 Å². The molecule has 6 nitrogen and oxygen atoms in total. The van der Waals surface area contributed by atoms with E-state index in [0.29, 0.717) is 12.6 Å². The largest absolute Gasteiger partial charge is 0.444 e. The van der Waals surface area contributed by atoms with Crippen LogP contribution < -0.4 is 10.6 Å². The molecule has 1 heterocycles. The van der Waals surface area contributed by atoms with Crippen LogP contribution in [0, 0.1) is 0 Å². The summed E-state index contributed by atoms with van der Waals surface area (Å²) in [6.07, 6.45) is 1.53. The first-order valence-corrected chi connectivity index (χ1v) is 7.66. The molecule has 2 amide bonds. The highest BCUT2D eigenvalue weighted by Gasteiger charge is 2.21. The number of nitrogens with one attached hydrogen (secondary N) is 2. The second-order valence-corrected chi connectivity index (χ2v) is 6.74. The Morgan fingerprint density at radius 3 is 2.33 bits per heavy atom. The van der Waals surface area contributed by atoms with Crippen molar-refractivity contribution in [2.45, 2.75) is 65.1 Å². The van der Waals surface area contributed by atoms with Gasteiger partial charge in [0.2, 0.25) is 5.91 Å². The van der Waals surface area contributed by atoms with Crippen molar-refractivity contribution in [1.82, 2.24) is 15.5 Å². The molecule has 0 saturated carbocycles. The number of carbonyl (C=O) groups excluding carboxylic acids is 2. The Bertz CT molecular complexity index is 358. The van der Waals surface area contributed by atoms with E-state index in [-0.39, 0.29) is 18.0 Å². The lowest BCUT2D eigenvalue weighted by molar-refractivity contribution is -0.129. The van der Waals surface area contributed by atoms with E-state index in [9.17, 15) is 9.59 Å². The normalized spacial score (nSPS) is 18.2. The quantitative estimate of drug-likeness (QED) is 0.825. The minimum absolute atomic E-state index is 0.00527. The summed E-state index contributed by atoms with van der Waals surface area (Å²) in [4.78, 5) is 24.8. The molecule has 2 N–H and O–H groups in total.